The Labute approximate surface area is 138 Å². The van der Waals surface area contributed by atoms with Crippen LogP contribution in [-0.2, 0) is 31.2 Å². The number of amides is 1. The standard InChI is InChI=1S/C19H25N3O/c1-14-18(15(2)21(3)20-14)10-11-19(23)22-12-6-9-16-7-4-5-8-17(16)13-22/h4-5,7-8H,6,9-13H2,1-3H3. The van der Waals surface area contributed by atoms with Crippen molar-refractivity contribution in [3.05, 3.63) is 52.3 Å². The minimum atomic E-state index is 0.254. The van der Waals surface area contributed by atoms with Gasteiger partial charge in [0.1, 0.15) is 0 Å². The average molecular weight is 311 g/mol. The minimum Gasteiger partial charge on any atom is -0.338 e. The zero-order valence-corrected chi connectivity index (χ0v) is 14.3. The number of hydrogen-bond donors (Lipinski definition) is 0. The van der Waals surface area contributed by atoms with Crippen molar-refractivity contribution in [2.75, 3.05) is 6.54 Å². The van der Waals surface area contributed by atoms with E-state index in [0.717, 1.165) is 43.7 Å². The van der Waals surface area contributed by atoms with E-state index in [1.54, 1.807) is 0 Å². The summed E-state index contributed by atoms with van der Waals surface area (Å²) < 4.78 is 1.90. The maximum absolute atomic E-state index is 12.7. The van der Waals surface area contributed by atoms with Gasteiger partial charge in [-0.2, -0.15) is 5.10 Å². The van der Waals surface area contributed by atoms with Crippen LogP contribution in [0.15, 0.2) is 24.3 Å². The molecule has 4 heteroatoms. The Hall–Kier alpha value is -2.10. The molecule has 4 nitrogen and oxygen atoms in total. The van der Waals surface area contributed by atoms with Gasteiger partial charge in [0.2, 0.25) is 5.91 Å². The van der Waals surface area contributed by atoms with Crippen LogP contribution in [0.4, 0.5) is 0 Å². The predicted octanol–water partition coefficient (Wildman–Crippen LogP) is 2.94. The molecule has 1 aromatic carbocycles. The molecule has 0 bridgehead atoms. The van der Waals surface area contributed by atoms with Gasteiger partial charge in [-0.15, -0.1) is 0 Å². The van der Waals surface area contributed by atoms with Gasteiger partial charge in [-0.1, -0.05) is 24.3 Å². The number of aryl methyl sites for hydroxylation is 3. The van der Waals surface area contributed by atoms with Gasteiger partial charge >= 0.3 is 0 Å². The van der Waals surface area contributed by atoms with E-state index in [1.165, 1.54) is 16.7 Å². The van der Waals surface area contributed by atoms with Crippen LogP contribution < -0.4 is 0 Å². The Morgan fingerprint density at radius 3 is 2.65 bits per heavy atom. The third-order valence-electron chi connectivity index (χ3n) is 4.95. The van der Waals surface area contributed by atoms with Crippen LogP contribution in [0.2, 0.25) is 0 Å². The largest absolute Gasteiger partial charge is 0.338 e. The predicted molar refractivity (Wildman–Crippen MR) is 91.2 cm³/mol. The summed E-state index contributed by atoms with van der Waals surface area (Å²) in [6, 6.07) is 8.49. The lowest BCUT2D eigenvalue weighted by Crippen LogP contribution is -2.30. The van der Waals surface area contributed by atoms with Crippen LogP contribution in [0.25, 0.3) is 0 Å². The molecule has 2 aromatic rings. The van der Waals surface area contributed by atoms with Crippen molar-refractivity contribution in [2.24, 2.45) is 7.05 Å². The number of fused-ring (bicyclic) bond motifs is 1. The van der Waals surface area contributed by atoms with Crippen molar-refractivity contribution in [2.45, 2.75) is 46.1 Å². The topological polar surface area (TPSA) is 38.1 Å². The van der Waals surface area contributed by atoms with Crippen molar-refractivity contribution in [1.82, 2.24) is 14.7 Å². The monoisotopic (exact) mass is 311 g/mol. The first kappa shape index (κ1) is 15.8. The van der Waals surface area contributed by atoms with Gasteiger partial charge in [-0.3, -0.25) is 9.48 Å². The molecule has 122 valence electrons. The van der Waals surface area contributed by atoms with Crippen LogP contribution in [0.1, 0.15) is 40.9 Å². The highest BCUT2D eigenvalue weighted by molar-refractivity contribution is 5.76. The summed E-state index contributed by atoms with van der Waals surface area (Å²) >= 11 is 0. The molecular formula is C19H25N3O. The van der Waals surface area contributed by atoms with Gasteiger partial charge in [-0.25, -0.2) is 0 Å². The Kier molecular flexibility index (Phi) is 4.51. The molecule has 1 aromatic heterocycles. The quantitative estimate of drug-likeness (QED) is 0.874. The van der Waals surface area contributed by atoms with Gasteiger partial charge in [-0.05, 0) is 49.8 Å². The Morgan fingerprint density at radius 2 is 1.96 bits per heavy atom. The van der Waals surface area contributed by atoms with Crippen LogP contribution in [-0.4, -0.2) is 27.1 Å². The van der Waals surface area contributed by atoms with E-state index >= 15 is 0 Å². The fourth-order valence-corrected chi connectivity index (χ4v) is 3.48. The van der Waals surface area contributed by atoms with E-state index in [4.69, 9.17) is 0 Å². The van der Waals surface area contributed by atoms with Gasteiger partial charge in [0.05, 0.1) is 5.69 Å². The highest BCUT2D eigenvalue weighted by Crippen LogP contribution is 2.20. The average Bonchev–Trinajstić information content (AvgIpc) is 2.71. The number of carbonyl (C=O) groups excluding carboxylic acids is 1. The number of benzene rings is 1. The smallest absolute Gasteiger partial charge is 0.223 e. The molecule has 3 rings (SSSR count). The molecule has 0 unspecified atom stereocenters. The fourth-order valence-electron chi connectivity index (χ4n) is 3.48. The number of carbonyl (C=O) groups is 1. The van der Waals surface area contributed by atoms with E-state index in [-0.39, 0.29) is 5.91 Å². The van der Waals surface area contributed by atoms with Crippen molar-refractivity contribution in [3.63, 3.8) is 0 Å². The second-order valence-electron chi connectivity index (χ2n) is 6.46. The number of rotatable bonds is 3. The highest BCUT2D eigenvalue weighted by atomic mass is 16.2. The minimum absolute atomic E-state index is 0.254. The van der Waals surface area contributed by atoms with Gasteiger partial charge in [0, 0.05) is 32.3 Å². The van der Waals surface area contributed by atoms with E-state index in [1.807, 2.05) is 23.6 Å². The molecule has 0 saturated carbocycles. The Bertz CT molecular complexity index is 717. The molecular weight excluding hydrogens is 286 g/mol. The van der Waals surface area contributed by atoms with Crippen LogP contribution in [0.3, 0.4) is 0 Å². The molecule has 1 aliphatic rings. The summed E-state index contributed by atoms with van der Waals surface area (Å²) in [5.41, 5.74) is 6.11. The summed E-state index contributed by atoms with van der Waals surface area (Å²) in [5, 5.41) is 4.44. The van der Waals surface area contributed by atoms with E-state index < -0.39 is 0 Å². The Balaban J connectivity index is 1.67. The second-order valence-corrected chi connectivity index (χ2v) is 6.46. The lowest BCUT2D eigenvalue weighted by Gasteiger charge is -2.21. The molecule has 0 aliphatic carbocycles. The number of nitrogens with zero attached hydrogens (tertiary/aromatic N) is 3. The molecule has 0 spiro atoms. The summed E-state index contributed by atoms with van der Waals surface area (Å²) in [5.74, 6) is 0.254. The van der Waals surface area contributed by atoms with Crippen LogP contribution >= 0.6 is 0 Å². The molecule has 1 amide bonds. The van der Waals surface area contributed by atoms with Gasteiger partial charge in [0.25, 0.3) is 0 Å². The zero-order valence-electron chi connectivity index (χ0n) is 14.3. The fraction of sp³-hybridized carbons (Fsp3) is 0.474. The van der Waals surface area contributed by atoms with Crippen molar-refractivity contribution in [1.29, 1.82) is 0 Å². The third-order valence-corrected chi connectivity index (χ3v) is 4.95. The molecule has 1 aliphatic heterocycles. The highest BCUT2D eigenvalue weighted by Gasteiger charge is 2.19. The molecule has 0 N–H and O–H groups in total. The van der Waals surface area contributed by atoms with Crippen molar-refractivity contribution >= 4 is 5.91 Å². The van der Waals surface area contributed by atoms with Gasteiger partial charge < -0.3 is 4.90 Å². The van der Waals surface area contributed by atoms with Gasteiger partial charge in [0.15, 0.2) is 0 Å². The van der Waals surface area contributed by atoms with E-state index in [2.05, 4.69) is 36.3 Å². The lowest BCUT2D eigenvalue weighted by atomic mass is 10.0. The first-order valence-electron chi connectivity index (χ1n) is 8.40. The molecule has 0 fully saturated rings. The molecule has 23 heavy (non-hydrogen) atoms. The summed E-state index contributed by atoms with van der Waals surface area (Å²) in [6.45, 7) is 5.70. The van der Waals surface area contributed by atoms with E-state index in [9.17, 15) is 4.79 Å². The Morgan fingerprint density at radius 1 is 1.22 bits per heavy atom. The molecule has 0 saturated heterocycles. The molecule has 2 heterocycles. The SMILES string of the molecule is Cc1nn(C)c(C)c1CCC(=O)N1CCCc2ccccc2C1. The maximum atomic E-state index is 12.7. The number of aromatic nitrogens is 2. The molecule has 0 atom stereocenters. The van der Waals surface area contributed by atoms with Crippen molar-refractivity contribution in [3.8, 4) is 0 Å². The normalized spacial score (nSPS) is 14.5. The van der Waals surface area contributed by atoms with Crippen LogP contribution in [0.5, 0.6) is 0 Å². The zero-order chi connectivity index (χ0) is 16.4. The summed E-state index contributed by atoms with van der Waals surface area (Å²) in [4.78, 5) is 14.7. The first-order valence-corrected chi connectivity index (χ1v) is 8.40. The molecule has 0 radical (unpaired) electrons. The number of hydrogen-bond acceptors (Lipinski definition) is 2. The first-order chi connectivity index (χ1) is 11.1. The van der Waals surface area contributed by atoms with Crippen molar-refractivity contribution < 1.29 is 4.79 Å². The second kappa shape index (κ2) is 6.57. The lowest BCUT2D eigenvalue weighted by molar-refractivity contribution is -0.131. The summed E-state index contributed by atoms with van der Waals surface area (Å²) in [7, 11) is 1.96. The summed E-state index contributed by atoms with van der Waals surface area (Å²) in [6.07, 6.45) is 3.46. The third kappa shape index (κ3) is 3.31. The van der Waals surface area contributed by atoms with Crippen LogP contribution in [0, 0.1) is 13.8 Å². The maximum Gasteiger partial charge on any atom is 0.223 e. The van der Waals surface area contributed by atoms with E-state index in [0.29, 0.717) is 6.42 Å².